The van der Waals surface area contributed by atoms with Crippen molar-refractivity contribution in [3.63, 3.8) is 0 Å². The van der Waals surface area contributed by atoms with Gasteiger partial charge in [0.25, 0.3) is 5.91 Å². The van der Waals surface area contributed by atoms with Gasteiger partial charge in [0.1, 0.15) is 11.8 Å². The Hall–Kier alpha value is -2.53. The van der Waals surface area contributed by atoms with Crippen LogP contribution in [0.5, 0.6) is 5.75 Å². The van der Waals surface area contributed by atoms with E-state index < -0.39 is 6.04 Å². The van der Waals surface area contributed by atoms with Gasteiger partial charge in [-0.3, -0.25) is 9.59 Å². The van der Waals surface area contributed by atoms with E-state index in [1.54, 1.807) is 20.0 Å². The number of carbonyl (C=O) groups excluding carboxylic acids is 2. The molecule has 0 radical (unpaired) electrons. The predicted octanol–water partition coefficient (Wildman–Crippen LogP) is 3.50. The fourth-order valence-electron chi connectivity index (χ4n) is 2.79. The molecule has 0 fully saturated rings. The minimum atomic E-state index is -0.651. The van der Waals surface area contributed by atoms with Crippen molar-refractivity contribution in [2.24, 2.45) is 0 Å². The Morgan fingerprint density at radius 3 is 2.52 bits per heavy atom. The molecule has 0 aliphatic heterocycles. The van der Waals surface area contributed by atoms with E-state index in [0.29, 0.717) is 10.8 Å². The normalized spacial score (nSPS) is 11.6. The van der Waals surface area contributed by atoms with Crippen LogP contribution in [0.1, 0.15) is 23.6 Å². The zero-order chi connectivity index (χ0) is 20.0. The topological polar surface area (TPSA) is 58.6 Å². The van der Waals surface area contributed by atoms with Crippen molar-refractivity contribution >= 4 is 23.4 Å². The zero-order valence-electron chi connectivity index (χ0n) is 16.1. The Morgan fingerprint density at radius 2 is 1.89 bits per heavy atom. The third-order valence-corrected chi connectivity index (χ3v) is 4.76. The Kier molecular flexibility index (Phi) is 7.25. The second-order valence-corrected chi connectivity index (χ2v) is 6.87. The highest BCUT2D eigenvalue weighted by atomic mass is 35.5. The smallest absolute Gasteiger partial charge is 0.261 e. The highest BCUT2D eigenvalue weighted by molar-refractivity contribution is 6.31. The Morgan fingerprint density at radius 1 is 1.19 bits per heavy atom. The maximum atomic E-state index is 12.9. The van der Waals surface area contributed by atoms with Crippen LogP contribution in [0.15, 0.2) is 42.5 Å². The van der Waals surface area contributed by atoms with E-state index >= 15 is 0 Å². The van der Waals surface area contributed by atoms with Gasteiger partial charge in [-0.2, -0.15) is 0 Å². The van der Waals surface area contributed by atoms with Gasteiger partial charge in [-0.05, 0) is 44.0 Å². The molecule has 1 atom stereocenters. The zero-order valence-corrected chi connectivity index (χ0v) is 16.8. The molecule has 27 heavy (non-hydrogen) atoms. The monoisotopic (exact) mass is 388 g/mol. The van der Waals surface area contributed by atoms with Gasteiger partial charge in [0.05, 0.1) is 0 Å². The predicted molar refractivity (Wildman–Crippen MR) is 107 cm³/mol. The second kappa shape index (κ2) is 9.42. The van der Waals surface area contributed by atoms with Gasteiger partial charge in [-0.15, -0.1) is 0 Å². The third kappa shape index (κ3) is 5.47. The second-order valence-electron chi connectivity index (χ2n) is 6.46. The number of halogens is 1. The van der Waals surface area contributed by atoms with E-state index in [1.807, 2.05) is 50.2 Å². The number of nitrogens with one attached hydrogen (secondary N) is 1. The van der Waals surface area contributed by atoms with Gasteiger partial charge in [0, 0.05) is 18.6 Å². The van der Waals surface area contributed by atoms with Crippen molar-refractivity contribution in [3.8, 4) is 5.75 Å². The summed E-state index contributed by atoms with van der Waals surface area (Å²) >= 11 is 6.23. The van der Waals surface area contributed by atoms with E-state index in [4.69, 9.17) is 16.3 Å². The largest absolute Gasteiger partial charge is 0.483 e. The number of aryl methyl sites for hydroxylation is 2. The van der Waals surface area contributed by atoms with Crippen LogP contribution in [-0.4, -0.2) is 36.4 Å². The van der Waals surface area contributed by atoms with E-state index in [1.165, 1.54) is 4.90 Å². The molecular formula is C21H25ClN2O3. The van der Waals surface area contributed by atoms with E-state index in [2.05, 4.69) is 5.32 Å². The van der Waals surface area contributed by atoms with E-state index in [0.717, 1.165) is 16.7 Å². The third-order valence-electron chi connectivity index (χ3n) is 4.39. The maximum Gasteiger partial charge on any atom is 0.261 e. The molecule has 0 aliphatic carbocycles. The van der Waals surface area contributed by atoms with Gasteiger partial charge in [0.15, 0.2) is 6.61 Å². The maximum absolute atomic E-state index is 12.9. The fraction of sp³-hybridized carbons (Fsp3) is 0.333. The first-order valence-electron chi connectivity index (χ1n) is 8.78. The minimum Gasteiger partial charge on any atom is -0.483 e. The molecule has 2 rings (SSSR count). The number of benzene rings is 2. The molecule has 0 unspecified atom stereocenters. The molecule has 6 heteroatoms. The van der Waals surface area contributed by atoms with Gasteiger partial charge in [0.2, 0.25) is 5.91 Å². The molecule has 2 amide bonds. The lowest BCUT2D eigenvalue weighted by Crippen LogP contribution is -2.48. The fourth-order valence-corrected chi connectivity index (χ4v) is 2.98. The summed E-state index contributed by atoms with van der Waals surface area (Å²) in [5.74, 6) is 0.118. The Balaban J connectivity index is 2.17. The molecule has 0 spiro atoms. The lowest BCUT2D eigenvalue weighted by atomic mass is 10.1. The van der Waals surface area contributed by atoms with Gasteiger partial charge < -0.3 is 15.0 Å². The van der Waals surface area contributed by atoms with Crippen LogP contribution in [0.3, 0.4) is 0 Å². The van der Waals surface area contributed by atoms with Crippen molar-refractivity contribution in [1.29, 1.82) is 0 Å². The number of likely N-dealkylation sites (N-methyl/N-ethyl adjacent to an activating group) is 1. The number of rotatable bonds is 7. The number of nitrogens with zero attached hydrogens (tertiary/aromatic N) is 1. The summed E-state index contributed by atoms with van der Waals surface area (Å²) in [5.41, 5.74) is 2.86. The van der Waals surface area contributed by atoms with Crippen LogP contribution in [0, 0.1) is 13.8 Å². The highest BCUT2D eigenvalue weighted by Crippen LogP contribution is 2.21. The molecule has 2 aromatic rings. The van der Waals surface area contributed by atoms with Crippen molar-refractivity contribution in [1.82, 2.24) is 10.2 Å². The molecule has 144 valence electrons. The van der Waals surface area contributed by atoms with Crippen molar-refractivity contribution in [3.05, 3.63) is 64.2 Å². The molecule has 0 aromatic heterocycles. The van der Waals surface area contributed by atoms with Gasteiger partial charge in [-0.25, -0.2) is 0 Å². The first-order valence-corrected chi connectivity index (χ1v) is 9.15. The first-order chi connectivity index (χ1) is 12.8. The summed E-state index contributed by atoms with van der Waals surface area (Å²) in [7, 11) is 1.54. The average Bonchev–Trinajstić information content (AvgIpc) is 2.65. The molecule has 1 N–H and O–H groups in total. The Labute approximate surface area is 165 Å². The molecule has 0 bridgehead atoms. The minimum absolute atomic E-state index is 0.157. The van der Waals surface area contributed by atoms with Crippen molar-refractivity contribution in [2.45, 2.75) is 33.4 Å². The van der Waals surface area contributed by atoms with Crippen LogP contribution in [0.25, 0.3) is 0 Å². The quantitative estimate of drug-likeness (QED) is 0.789. The van der Waals surface area contributed by atoms with Crippen LogP contribution >= 0.6 is 11.6 Å². The summed E-state index contributed by atoms with van der Waals surface area (Å²) < 4.78 is 5.71. The summed E-state index contributed by atoms with van der Waals surface area (Å²) in [6.07, 6.45) is 0. The average molecular weight is 389 g/mol. The highest BCUT2D eigenvalue weighted by Gasteiger charge is 2.26. The van der Waals surface area contributed by atoms with Gasteiger partial charge >= 0.3 is 0 Å². The molecular weight excluding hydrogens is 364 g/mol. The number of hydrogen-bond acceptors (Lipinski definition) is 3. The van der Waals surface area contributed by atoms with Crippen LogP contribution in [0.2, 0.25) is 5.02 Å². The van der Waals surface area contributed by atoms with Crippen LogP contribution < -0.4 is 10.1 Å². The molecule has 5 nitrogen and oxygen atoms in total. The number of ether oxygens (including phenoxy) is 1. The summed E-state index contributed by atoms with van der Waals surface area (Å²) in [4.78, 5) is 26.4. The van der Waals surface area contributed by atoms with Crippen LogP contribution in [-0.2, 0) is 16.1 Å². The molecule has 2 aromatic carbocycles. The first kappa shape index (κ1) is 20.8. The lowest BCUT2D eigenvalue weighted by Gasteiger charge is -2.28. The van der Waals surface area contributed by atoms with Gasteiger partial charge in [-0.1, -0.05) is 47.5 Å². The van der Waals surface area contributed by atoms with Crippen molar-refractivity contribution in [2.75, 3.05) is 13.7 Å². The number of carbonyl (C=O) groups is 2. The van der Waals surface area contributed by atoms with E-state index in [-0.39, 0.29) is 25.0 Å². The number of amides is 2. The summed E-state index contributed by atoms with van der Waals surface area (Å²) in [5, 5.41) is 3.13. The summed E-state index contributed by atoms with van der Waals surface area (Å²) in [6.45, 7) is 5.68. The van der Waals surface area contributed by atoms with Crippen molar-refractivity contribution < 1.29 is 14.3 Å². The Bertz CT molecular complexity index is 823. The van der Waals surface area contributed by atoms with Crippen LogP contribution in [0.4, 0.5) is 0 Å². The molecule has 0 saturated carbocycles. The lowest BCUT2D eigenvalue weighted by molar-refractivity contribution is -0.142. The standard InChI is InChI=1S/C21H25ClN2O3/c1-14-9-10-19(15(2)11-14)27-13-20(25)24(16(3)21(26)23-4)12-17-7-5-6-8-18(17)22/h5-11,16H,12-13H2,1-4H3,(H,23,26)/t16-/m0/s1. The molecule has 0 aliphatic rings. The molecule has 0 heterocycles. The molecule has 0 saturated heterocycles. The van der Waals surface area contributed by atoms with E-state index in [9.17, 15) is 9.59 Å². The summed E-state index contributed by atoms with van der Waals surface area (Å²) in [6, 6.07) is 12.4. The SMILES string of the molecule is CNC(=O)[C@H](C)N(Cc1ccccc1Cl)C(=O)COc1ccc(C)cc1C. The number of hydrogen-bond donors (Lipinski definition) is 1.